The molecule has 0 heterocycles. The van der Waals surface area contributed by atoms with Gasteiger partial charge in [0.25, 0.3) is 0 Å². The predicted molar refractivity (Wildman–Crippen MR) is 81.3 cm³/mol. The summed E-state index contributed by atoms with van der Waals surface area (Å²) < 4.78 is 0. The first-order valence-electron chi connectivity index (χ1n) is 6.93. The van der Waals surface area contributed by atoms with E-state index < -0.39 is 0 Å². The number of nitrogens with zero attached hydrogens (tertiary/aromatic N) is 1. The lowest BCUT2D eigenvalue weighted by molar-refractivity contribution is 0.479. The van der Waals surface area contributed by atoms with E-state index in [1.54, 1.807) is 0 Å². The summed E-state index contributed by atoms with van der Waals surface area (Å²) in [5.41, 5.74) is 8.62. The van der Waals surface area contributed by atoms with E-state index in [-0.39, 0.29) is 5.54 Å². The van der Waals surface area contributed by atoms with Gasteiger partial charge in [0, 0.05) is 24.8 Å². The number of rotatable bonds is 6. The van der Waals surface area contributed by atoms with Gasteiger partial charge in [-0.2, -0.15) is 0 Å². The lowest BCUT2D eigenvalue weighted by Gasteiger charge is -2.25. The van der Waals surface area contributed by atoms with Crippen LogP contribution in [-0.2, 0) is 0 Å². The molecule has 2 N–H and O–H groups in total. The van der Waals surface area contributed by atoms with Crippen LogP contribution < -0.4 is 10.6 Å². The molecule has 102 valence electrons. The highest BCUT2D eigenvalue weighted by Gasteiger charge is 2.12. The van der Waals surface area contributed by atoms with Gasteiger partial charge in [0.05, 0.1) is 0 Å². The van der Waals surface area contributed by atoms with E-state index in [9.17, 15) is 0 Å². The summed E-state index contributed by atoms with van der Waals surface area (Å²) in [6.07, 6.45) is 2.19. The molecular formula is C16H28N2. The maximum absolute atomic E-state index is 6.02. The second-order valence-electron chi connectivity index (χ2n) is 6.06. The van der Waals surface area contributed by atoms with Gasteiger partial charge in [-0.15, -0.1) is 0 Å². The van der Waals surface area contributed by atoms with Crippen LogP contribution in [0.4, 0.5) is 5.69 Å². The third kappa shape index (κ3) is 4.69. The van der Waals surface area contributed by atoms with Crippen molar-refractivity contribution in [1.82, 2.24) is 0 Å². The van der Waals surface area contributed by atoms with Gasteiger partial charge in [-0.1, -0.05) is 26.0 Å². The number of anilines is 1. The molecular weight excluding hydrogens is 220 g/mol. The topological polar surface area (TPSA) is 29.3 Å². The first-order chi connectivity index (χ1) is 8.33. The molecule has 18 heavy (non-hydrogen) atoms. The molecule has 0 aliphatic heterocycles. The molecule has 0 aromatic heterocycles. The Bertz CT molecular complexity index is 348. The summed E-state index contributed by atoms with van der Waals surface area (Å²) in [5, 5.41) is 0. The minimum absolute atomic E-state index is 0.0923. The maximum Gasteiger partial charge on any atom is 0.0363 e. The van der Waals surface area contributed by atoms with E-state index in [0.29, 0.717) is 5.92 Å². The Morgan fingerprint density at radius 1 is 1.22 bits per heavy atom. The molecule has 0 amide bonds. The average Bonchev–Trinajstić information content (AvgIpc) is 2.34. The van der Waals surface area contributed by atoms with E-state index >= 15 is 0 Å². The minimum atomic E-state index is -0.0923. The zero-order valence-electron chi connectivity index (χ0n) is 12.5. The van der Waals surface area contributed by atoms with Crippen LogP contribution in [0.5, 0.6) is 0 Å². The highest BCUT2D eigenvalue weighted by molar-refractivity contribution is 5.47. The molecule has 0 fully saturated rings. The molecule has 0 bridgehead atoms. The van der Waals surface area contributed by atoms with Gasteiger partial charge in [0.2, 0.25) is 0 Å². The van der Waals surface area contributed by atoms with Crippen LogP contribution in [0.2, 0.25) is 0 Å². The number of hydrogen-bond donors (Lipinski definition) is 1. The molecule has 0 aliphatic rings. The van der Waals surface area contributed by atoms with E-state index in [2.05, 4.69) is 63.9 Å². The van der Waals surface area contributed by atoms with Gasteiger partial charge in [0.1, 0.15) is 0 Å². The second kappa shape index (κ2) is 6.24. The fourth-order valence-corrected chi connectivity index (χ4v) is 1.88. The van der Waals surface area contributed by atoms with E-state index in [0.717, 1.165) is 13.0 Å². The van der Waals surface area contributed by atoms with Gasteiger partial charge >= 0.3 is 0 Å². The Morgan fingerprint density at radius 3 is 2.22 bits per heavy atom. The predicted octanol–water partition coefficient (Wildman–Crippen LogP) is 3.76. The summed E-state index contributed by atoms with van der Waals surface area (Å²) in [6.45, 7) is 9.65. The summed E-state index contributed by atoms with van der Waals surface area (Å²) in [5.74, 6) is 0.646. The summed E-state index contributed by atoms with van der Waals surface area (Å²) in [4.78, 5) is 2.27. The highest BCUT2D eigenvalue weighted by Crippen LogP contribution is 2.22. The third-order valence-electron chi connectivity index (χ3n) is 3.61. The molecule has 1 rings (SSSR count). The monoisotopic (exact) mass is 248 g/mol. The Morgan fingerprint density at radius 2 is 1.78 bits per heavy atom. The van der Waals surface area contributed by atoms with Crippen molar-refractivity contribution in [3.05, 3.63) is 29.8 Å². The molecule has 0 saturated heterocycles. The Balaban J connectivity index is 2.62. The molecule has 1 atom stereocenters. The standard InChI is InChI=1S/C16H28N2/c1-6-13(2)14-7-9-15(10-8-14)18(5)12-11-16(3,4)17/h7-10,13H,6,11-12,17H2,1-5H3. The van der Waals surface area contributed by atoms with Gasteiger partial charge < -0.3 is 10.6 Å². The summed E-state index contributed by atoms with van der Waals surface area (Å²) in [7, 11) is 2.13. The van der Waals surface area contributed by atoms with Crippen molar-refractivity contribution in [3.8, 4) is 0 Å². The van der Waals surface area contributed by atoms with Crippen molar-refractivity contribution in [2.45, 2.75) is 52.0 Å². The Hall–Kier alpha value is -1.02. The van der Waals surface area contributed by atoms with E-state index in [4.69, 9.17) is 5.73 Å². The van der Waals surface area contributed by atoms with Gasteiger partial charge in [0.15, 0.2) is 0 Å². The molecule has 0 aliphatic carbocycles. The minimum Gasteiger partial charge on any atom is -0.375 e. The zero-order chi connectivity index (χ0) is 13.8. The van der Waals surface area contributed by atoms with Gasteiger partial charge in [-0.25, -0.2) is 0 Å². The van der Waals surface area contributed by atoms with E-state index in [1.807, 2.05) is 0 Å². The van der Waals surface area contributed by atoms with Crippen LogP contribution in [0.25, 0.3) is 0 Å². The lowest BCUT2D eigenvalue weighted by Crippen LogP contribution is -2.36. The SMILES string of the molecule is CCC(C)c1ccc(N(C)CCC(C)(C)N)cc1. The van der Waals surface area contributed by atoms with Crippen LogP contribution in [-0.4, -0.2) is 19.1 Å². The molecule has 0 spiro atoms. The lowest BCUT2D eigenvalue weighted by atomic mass is 9.98. The smallest absolute Gasteiger partial charge is 0.0363 e. The van der Waals surface area contributed by atoms with Gasteiger partial charge in [-0.05, 0) is 50.3 Å². The number of benzene rings is 1. The Kier molecular flexibility index (Phi) is 5.21. The zero-order valence-corrected chi connectivity index (χ0v) is 12.5. The first kappa shape index (κ1) is 15.0. The average molecular weight is 248 g/mol. The quantitative estimate of drug-likeness (QED) is 0.830. The highest BCUT2D eigenvalue weighted by atomic mass is 15.1. The van der Waals surface area contributed by atoms with Crippen LogP contribution in [0.3, 0.4) is 0 Å². The normalized spacial score (nSPS) is 13.4. The summed E-state index contributed by atoms with van der Waals surface area (Å²) in [6, 6.07) is 8.91. The largest absolute Gasteiger partial charge is 0.375 e. The van der Waals surface area contributed by atoms with Crippen LogP contribution in [0, 0.1) is 0 Å². The molecule has 0 saturated carbocycles. The van der Waals surface area contributed by atoms with Gasteiger partial charge in [-0.3, -0.25) is 0 Å². The molecule has 1 unspecified atom stereocenters. The molecule has 0 radical (unpaired) electrons. The van der Waals surface area contributed by atoms with Crippen LogP contribution in [0.1, 0.15) is 52.0 Å². The van der Waals surface area contributed by atoms with Crippen molar-refractivity contribution >= 4 is 5.69 Å². The molecule has 1 aromatic carbocycles. The van der Waals surface area contributed by atoms with E-state index in [1.165, 1.54) is 17.7 Å². The number of nitrogens with two attached hydrogens (primary N) is 1. The van der Waals surface area contributed by atoms with Crippen LogP contribution in [0.15, 0.2) is 24.3 Å². The molecule has 2 heteroatoms. The first-order valence-corrected chi connectivity index (χ1v) is 6.93. The van der Waals surface area contributed by atoms with Crippen molar-refractivity contribution in [2.24, 2.45) is 5.73 Å². The third-order valence-corrected chi connectivity index (χ3v) is 3.61. The fraction of sp³-hybridized carbons (Fsp3) is 0.625. The summed E-state index contributed by atoms with van der Waals surface area (Å²) >= 11 is 0. The van der Waals surface area contributed by atoms with Crippen LogP contribution >= 0.6 is 0 Å². The fourth-order valence-electron chi connectivity index (χ4n) is 1.88. The maximum atomic E-state index is 6.02. The Labute approximate surface area is 112 Å². The number of hydrogen-bond acceptors (Lipinski definition) is 2. The molecule has 1 aromatic rings. The van der Waals surface area contributed by atoms with Crippen molar-refractivity contribution in [2.75, 3.05) is 18.5 Å². The second-order valence-corrected chi connectivity index (χ2v) is 6.06. The molecule has 2 nitrogen and oxygen atoms in total. The van der Waals surface area contributed by atoms with Crippen molar-refractivity contribution in [1.29, 1.82) is 0 Å². The van der Waals surface area contributed by atoms with Crippen molar-refractivity contribution < 1.29 is 0 Å². The van der Waals surface area contributed by atoms with Crippen molar-refractivity contribution in [3.63, 3.8) is 0 Å².